The van der Waals surface area contributed by atoms with Gasteiger partial charge in [-0.2, -0.15) is 0 Å². The number of carboxylic acids is 1. The van der Waals surface area contributed by atoms with Gasteiger partial charge in [-0.1, -0.05) is 6.08 Å². The van der Waals surface area contributed by atoms with Crippen LogP contribution in [-0.4, -0.2) is 44.0 Å². The summed E-state index contributed by atoms with van der Waals surface area (Å²) < 4.78 is 0. The zero-order valence-corrected chi connectivity index (χ0v) is 12.8. The number of thioether (sulfide) groups is 1. The summed E-state index contributed by atoms with van der Waals surface area (Å²) in [5.41, 5.74) is 9.01. The van der Waals surface area contributed by atoms with Crippen LogP contribution >= 0.6 is 23.1 Å². The van der Waals surface area contributed by atoms with Crippen molar-refractivity contribution >= 4 is 41.1 Å². The van der Waals surface area contributed by atoms with Crippen LogP contribution in [0.3, 0.4) is 0 Å². The molecule has 0 spiro atoms. The lowest BCUT2D eigenvalue weighted by atomic mass is 10.0. The topological polar surface area (TPSA) is 96.5 Å². The first-order valence-corrected chi connectivity index (χ1v) is 8.18. The minimum Gasteiger partial charge on any atom is -0.477 e. The van der Waals surface area contributed by atoms with Gasteiger partial charge in [0.15, 0.2) is 0 Å². The zero-order valence-electron chi connectivity index (χ0n) is 11.1. The van der Waals surface area contributed by atoms with Crippen LogP contribution in [0.25, 0.3) is 6.08 Å². The standard InChI is InChI=1S/C13H13N3O3S2/c1-6-8(21-5-15-6)3-2-7-4-20-12-9(14)11(17)16(12)10(7)13(18)19/h2-3,5,9,12H,4,14H2,1H3,(H,18,19)/t9?,12-/m1/s1. The van der Waals surface area contributed by atoms with Crippen molar-refractivity contribution in [2.75, 3.05) is 5.75 Å². The van der Waals surface area contributed by atoms with E-state index in [-0.39, 0.29) is 17.0 Å². The molecule has 8 heteroatoms. The van der Waals surface area contributed by atoms with Crippen LogP contribution in [0.5, 0.6) is 0 Å². The van der Waals surface area contributed by atoms with Crippen LogP contribution in [-0.2, 0) is 9.59 Å². The van der Waals surface area contributed by atoms with E-state index in [2.05, 4.69) is 4.98 Å². The molecule has 2 atom stereocenters. The number of aromatic nitrogens is 1. The molecule has 1 aromatic heterocycles. The molecule has 0 aromatic carbocycles. The lowest BCUT2D eigenvalue weighted by molar-refractivity contribution is -0.147. The number of allylic oxidation sites excluding steroid dienone is 1. The molecule has 0 radical (unpaired) electrons. The molecule has 1 fully saturated rings. The highest BCUT2D eigenvalue weighted by atomic mass is 32.2. The van der Waals surface area contributed by atoms with Crippen molar-refractivity contribution in [3.63, 3.8) is 0 Å². The van der Waals surface area contributed by atoms with Gasteiger partial charge in [0.25, 0.3) is 0 Å². The molecule has 2 aliphatic rings. The second kappa shape index (κ2) is 5.28. The number of carboxylic acid groups (broad SMARTS) is 1. The third kappa shape index (κ3) is 2.29. The summed E-state index contributed by atoms with van der Waals surface area (Å²) in [6.07, 6.45) is 3.60. The highest BCUT2D eigenvalue weighted by molar-refractivity contribution is 8.00. The Morgan fingerprint density at radius 3 is 2.95 bits per heavy atom. The Morgan fingerprint density at radius 2 is 2.33 bits per heavy atom. The fourth-order valence-electron chi connectivity index (χ4n) is 2.32. The number of thiazole rings is 1. The van der Waals surface area contributed by atoms with E-state index >= 15 is 0 Å². The average Bonchev–Trinajstić information content (AvgIpc) is 2.88. The third-order valence-corrected chi connectivity index (χ3v) is 5.68. The summed E-state index contributed by atoms with van der Waals surface area (Å²) in [6.45, 7) is 1.90. The summed E-state index contributed by atoms with van der Waals surface area (Å²) in [6, 6.07) is -0.598. The average molecular weight is 323 g/mol. The Morgan fingerprint density at radius 1 is 1.57 bits per heavy atom. The quantitative estimate of drug-likeness (QED) is 0.807. The number of nitrogens with two attached hydrogens (primary N) is 1. The van der Waals surface area contributed by atoms with Gasteiger partial charge in [-0.25, -0.2) is 9.78 Å². The van der Waals surface area contributed by atoms with E-state index < -0.39 is 12.0 Å². The number of β-lactam (4-membered cyclic amide) rings is 1. The number of nitrogens with zero attached hydrogens (tertiary/aromatic N) is 2. The van der Waals surface area contributed by atoms with Gasteiger partial charge in [0.2, 0.25) is 5.91 Å². The zero-order chi connectivity index (χ0) is 15.1. The van der Waals surface area contributed by atoms with Gasteiger partial charge in [0, 0.05) is 10.6 Å². The maximum absolute atomic E-state index is 11.8. The Hall–Kier alpha value is -1.64. The molecule has 0 bridgehead atoms. The molecule has 1 saturated heterocycles. The van der Waals surface area contributed by atoms with Crippen molar-refractivity contribution in [2.45, 2.75) is 18.3 Å². The van der Waals surface area contributed by atoms with Crippen molar-refractivity contribution in [2.24, 2.45) is 5.73 Å². The molecule has 2 aliphatic heterocycles. The van der Waals surface area contributed by atoms with Crippen molar-refractivity contribution in [1.29, 1.82) is 0 Å². The highest BCUT2D eigenvalue weighted by Gasteiger charge is 2.51. The Balaban J connectivity index is 1.95. The van der Waals surface area contributed by atoms with E-state index in [9.17, 15) is 14.7 Å². The van der Waals surface area contributed by atoms with Gasteiger partial charge in [-0.3, -0.25) is 9.69 Å². The first kappa shape index (κ1) is 14.3. The number of carbonyl (C=O) groups is 2. The van der Waals surface area contributed by atoms with Crippen LogP contribution in [0, 0.1) is 6.92 Å². The van der Waals surface area contributed by atoms with Crippen LogP contribution in [0.4, 0.5) is 0 Å². The minimum absolute atomic E-state index is 0.0452. The monoisotopic (exact) mass is 323 g/mol. The van der Waals surface area contributed by atoms with Gasteiger partial charge < -0.3 is 10.8 Å². The lowest BCUT2D eigenvalue weighted by Gasteiger charge is -2.47. The molecule has 21 heavy (non-hydrogen) atoms. The predicted octanol–water partition coefficient (Wildman–Crippen LogP) is 1.05. The first-order chi connectivity index (χ1) is 10.0. The number of amides is 1. The van der Waals surface area contributed by atoms with Crippen LogP contribution in [0.1, 0.15) is 10.6 Å². The van der Waals surface area contributed by atoms with Gasteiger partial charge in [0.05, 0.1) is 11.2 Å². The molecule has 0 saturated carbocycles. The predicted molar refractivity (Wildman–Crippen MR) is 81.6 cm³/mol. The normalized spacial score (nSPS) is 25.2. The summed E-state index contributed by atoms with van der Waals surface area (Å²) in [4.78, 5) is 29.7. The number of hydrogen-bond acceptors (Lipinski definition) is 6. The third-order valence-electron chi connectivity index (χ3n) is 3.46. The molecule has 1 amide bonds. The summed E-state index contributed by atoms with van der Waals surface area (Å²) in [5.74, 6) is -0.899. The largest absolute Gasteiger partial charge is 0.477 e. The number of carbonyl (C=O) groups excluding carboxylic acids is 1. The molecule has 3 heterocycles. The van der Waals surface area contributed by atoms with Crippen LogP contribution < -0.4 is 5.73 Å². The van der Waals surface area contributed by atoms with Crippen molar-refractivity contribution in [3.05, 3.63) is 33.4 Å². The molecule has 110 valence electrons. The van der Waals surface area contributed by atoms with Crippen molar-refractivity contribution < 1.29 is 14.7 Å². The van der Waals surface area contributed by atoms with Gasteiger partial charge in [-0.05, 0) is 18.6 Å². The second-order valence-corrected chi connectivity index (χ2v) is 6.74. The summed E-state index contributed by atoms with van der Waals surface area (Å²) in [5, 5.41) is 9.14. The Bertz CT molecular complexity index is 680. The van der Waals surface area contributed by atoms with E-state index in [4.69, 9.17) is 5.73 Å². The summed E-state index contributed by atoms with van der Waals surface area (Å²) in [7, 11) is 0. The molecule has 1 unspecified atom stereocenters. The SMILES string of the molecule is Cc1ncsc1C=CC1=C(C(=O)O)N2C(=O)C(N)[C@H]2SC1. The number of aryl methyl sites for hydroxylation is 1. The fourth-order valence-corrected chi connectivity index (χ4v) is 4.27. The second-order valence-electron chi connectivity index (χ2n) is 4.75. The molecule has 0 aliphatic carbocycles. The van der Waals surface area contributed by atoms with Gasteiger partial charge >= 0.3 is 5.97 Å². The molecule has 3 N–H and O–H groups in total. The van der Waals surface area contributed by atoms with E-state index in [1.54, 1.807) is 11.6 Å². The van der Waals surface area contributed by atoms with E-state index in [1.807, 2.05) is 13.0 Å². The van der Waals surface area contributed by atoms with E-state index in [1.165, 1.54) is 28.0 Å². The maximum atomic E-state index is 11.8. The lowest BCUT2D eigenvalue weighted by Crippen LogP contribution is -2.68. The fraction of sp³-hybridized carbons (Fsp3) is 0.308. The number of rotatable bonds is 3. The Kier molecular flexibility index (Phi) is 3.60. The van der Waals surface area contributed by atoms with Crippen molar-refractivity contribution in [3.8, 4) is 0 Å². The van der Waals surface area contributed by atoms with Gasteiger partial charge in [0.1, 0.15) is 17.1 Å². The Labute approximate surface area is 129 Å². The number of hydrogen-bond donors (Lipinski definition) is 2. The van der Waals surface area contributed by atoms with Crippen LogP contribution in [0.15, 0.2) is 22.9 Å². The van der Waals surface area contributed by atoms with Crippen LogP contribution in [0.2, 0.25) is 0 Å². The smallest absolute Gasteiger partial charge is 0.352 e. The molecule has 1 aromatic rings. The molecule has 6 nitrogen and oxygen atoms in total. The molecule has 3 rings (SSSR count). The molecular formula is C13H13N3O3S2. The van der Waals surface area contributed by atoms with Crippen molar-refractivity contribution in [1.82, 2.24) is 9.88 Å². The summed E-state index contributed by atoms with van der Waals surface area (Å²) >= 11 is 2.98. The molecular weight excluding hydrogens is 310 g/mol. The van der Waals surface area contributed by atoms with E-state index in [0.717, 1.165) is 10.6 Å². The maximum Gasteiger partial charge on any atom is 0.352 e. The van der Waals surface area contributed by atoms with E-state index in [0.29, 0.717) is 11.3 Å². The number of aliphatic carboxylic acids is 1. The minimum atomic E-state index is -1.10. The van der Waals surface area contributed by atoms with Gasteiger partial charge in [-0.15, -0.1) is 23.1 Å². The first-order valence-electron chi connectivity index (χ1n) is 6.25. The highest BCUT2D eigenvalue weighted by Crippen LogP contribution is 2.39. The number of fused-ring (bicyclic) bond motifs is 1.